The molecule has 0 saturated carbocycles. The van der Waals surface area contributed by atoms with Gasteiger partial charge in [-0.05, 0) is 74.1 Å². The molecule has 2 fully saturated rings. The van der Waals surface area contributed by atoms with Gasteiger partial charge in [-0.25, -0.2) is 14.8 Å². The summed E-state index contributed by atoms with van der Waals surface area (Å²) in [7, 11) is -1.63. The molecule has 1 unspecified atom stereocenters. The lowest BCUT2D eigenvalue weighted by molar-refractivity contribution is 0.00578. The van der Waals surface area contributed by atoms with Crippen LogP contribution in [0.2, 0.25) is 25.7 Å². The van der Waals surface area contributed by atoms with Gasteiger partial charge >= 0.3 is 13.2 Å². The van der Waals surface area contributed by atoms with Gasteiger partial charge in [0, 0.05) is 45.4 Å². The Morgan fingerprint density at radius 3 is 2.43 bits per heavy atom. The Kier molecular flexibility index (Phi) is 7.89. The first-order valence-electron chi connectivity index (χ1n) is 15.5. The molecule has 2 aliphatic rings. The largest absolute Gasteiger partial charge is 0.494 e. The molecule has 2 saturated heterocycles. The van der Waals surface area contributed by atoms with Crippen LogP contribution in [0, 0.1) is 0 Å². The number of amides is 1. The standard InChI is InChI=1S/C33H43BN4O5Si/c1-32(2)33(3,4)43-34(42-32)27-11-10-22-16-23(8-9-24(22)17-27)26-18-28-30(35-19-26)38(21-41-14-15-44(5,6)7)29(36-28)25-12-13-37(20-25)31(39)40/h8-11,16-19,25H,12-15,20-21H2,1-7H3,(H,39,40). The van der Waals surface area contributed by atoms with Crippen LogP contribution in [0.4, 0.5) is 4.79 Å². The molecular formula is C33H43BN4O5Si. The van der Waals surface area contributed by atoms with Crippen molar-refractivity contribution >= 4 is 48.7 Å². The molecule has 4 aromatic rings. The van der Waals surface area contributed by atoms with Gasteiger partial charge in [0.05, 0.1) is 11.2 Å². The minimum absolute atomic E-state index is 0.00295. The molecule has 0 radical (unpaired) electrons. The molecule has 1 N–H and O–H groups in total. The summed E-state index contributed by atoms with van der Waals surface area (Å²) < 4.78 is 20.7. The number of aromatic nitrogens is 3. The maximum Gasteiger partial charge on any atom is 0.494 e. The zero-order valence-electron chi connectivity index (χ0n) is 26.9. The Morgan fingerprint density at radius 2 is 1.75 bits per heavy atom. The Hall–Kier alpha value is -3.25. The maximum atomic E-state index is 11.6. The highest BCUT2D eigenvalue weighted by molar-refractivity contribution is 6.76. The van der Waals surface area contributed by atoms with Crippen LogP contribution in [0.5, 0.6) is 0 Å². The highest BCUT2D eigenvalue weighted by Gasteiger charge is 2.51. The Bertz CT molecular complexity index is 1700. The first-order valence-corrected chi connectivity index (χ1v) is 19.2. The molecule has 2 aliphatic heterocycles. The van der Waals surface area contributed by atoms with E-state index in [9.17, 15) is 9.90 Å². The molecule has 2 aromatic heterocycles. The van der Waals surface area contributed by atoms with E-state index in [-0.39, 0.29) is 17.1 Å². The van der Waals surface area contributed by atoms with E-state index < -0.39 is 21.3 Å². The molecule has 0 aliphatic carbocycles. The van der Waals surface area contributed by atoms with Crippen molar-refractivity contribution in [2.75, 3.05) is 19.7 Å². The molecule has 232 valence electrons. The van der Waals surface area contributed by atoms with Crippen LogP contribution < -0.4 is 5.46 Å². The molecule has 11 heteroatoms. The van der Waals surface area contributed by atoms with Gasteiger partial charge in [-0.2, -0.15) is 0 Å². The van der Waals surface area contributed by atoms with Crippen molar-refractivity contribution in [2.24, 2.45) is 0 Å². The van der Waals surface area contributed by atoms with E-state index in [1.165, 1.54) is 4.90 Å². The number of benzene rings is 2. The number of carboxylic acid groups (broad SMARTS) is 1. The molecule has 44 heavy (non-hydrogen) atoms. The zero-order chi connectivity index (χ0) is 31.4. The predicted octanol–water partition coefficient (Wildman–Crippen LogP) is 6.33. The van der Waals surface area contributed by atoms with Crippen LogP contribution in [0.3, 0.4) is 0 Å². The molecule has 0 spiro atoms. The highest BCUT2D eigenvalue weighted by atomic mass is 28.3. The van der Waals surface area contributed by atoms with Crippen molar-refractivity contribution < 1.29 is 23.9 Å². The van der Waals surface area contributed by atoms with Crippen molar-refractivity contribution in [3.63, 3.8) is 0 Å². The minimum atomic E-state index is -1.23. The lowest BCUT2D eigenvalue weighted by Crippen LogP contribution is -2.41. The van der Waals surface area contributed by atoms with Crippen LogP contribution in [0.1, 0.15) is 45.9 Å². The van der Waals surface area contributed by atoms with Crippen LogP contribution >= 0.6 is 0 Å². The summed E-state index contributed by atoms with van der Waals surface area (Å²) in [5.41, 5.74) is 3.81. The van der Waals surface area contributed by atoms with E-state index in [4.69, 9.17) is 24.0 Å². The van der Waals surface area contributed by atoms with Crippen LogP contribution in [-0.4, -0.2) is 76.7 Å². The lowest BCUT2D eigenvalue weighted by Gasteiger charge is -2.32. The van der Waals surface area contributed by atoms with E-state index >= 15 is 0 Å². The van der Waals surface area contributed by atoms with Crippen molar-refractivity contribution in [3.8, 4) is 11.1 Å². The summed E-state index contributed by atoms with van der Waals surface area (Å²) in [6.45, 7) is 17.2. The van der Waals surface area contributed by atoms with E-state index in [1.54, 1.807) is 0 Å². The molecule has 1 amide bonds. The van der Waals surface area contributed by atoms with Gasteiger partial charge in [0.25, 0.3) is 0 Å². The van der Waals surface area contributed by atoms with E-state index in [2.05, 4.69) is 89.8 Å². The SMILES string of the molecule is CC1(C)OB(c2ccc3cc(-c4cnc5c(c4)nc(C4CCN(C(=O)O)C4)n5COCC[Si](C)(C)C)ccc3c2)OC1(C)C. The number of hydrogen-bond donors (Lipinski definition) is 1. The average Bonchev–Trinajstić information content (AvgIpc) is 3.64. The van der Waals surface area contributed by atoms with Gasteiger partial charge in [0.2, 0.25) is 0 Å². The summed E-state index contributed by atoms with van der Waals surface area (Å²) in [4.78, 5) is 23.0. The fourth-order valence-electron chi connectivity index (χ4n) is 5.87. The molecule has 6 rings (SSSR count). The van der Waals surface area contributed by atoms with Gasteiger partial charge in [0.15, 0.2) is 5.65 Å². The number of imidazole rings is 1. The van der Waals surface area contributed by atoms with Crippen molar-refractivity contribution in [2.45, 2.75) is 83.7 Å². The second-order valence-corrected chi connectivity index (χ2v) is 20.1. The normalized spacial score (nSPS) is 19.8. The number of hydrogen-bond acceptors (Lipinski definition) is 6. The van der Waals surface area contributed by atoms with Crippen LogP contribution in [0.25, 0.3) is 33.1 Å². The number of carbonyl (C=O) groups is 1. The summed E-state index contributed by atoms with van der Waals surface area (Å²) in [6, 6.07) is 15.9. The predicted molar refractivity (Wildman–Crippen MR) is 177 cm³/mol. The van der Waals surface area contributed by atoms with Gasteiger partial charge in [0.1, 0.15) is 18.1 Å². The summed E-state index contributed by atoms with van der Waals surface area (Å²) in [5, 5.41) is 11.8. The molecule has 2 aromatic carbocycles. The van der Waals surface area contributed by atoms with E-state index in [0.717, 1.165) is 56.8 Å². The van der Waals surface area contributed by atoms with E-state index in [1.807, 2.05) is 10.8 Å². The third-order valence-electron chi connectivity index (χ3n) is 9.38. The fraction of sp³-hybridized carbons (Fsp3) is 0.485. The summed E-state index contributed by atoms with van der Waals surface area (Å²) in [5.74, 6) is 0.846. The first-order chi connectivity index (χ1) is 20.7. The zero-order valence-corrected chi connectivity index (χ0v) is 27.9. The number of nitrogens with zero attached hydrogens (tertiary/aromatic N) is 4. The molecule has 0 bridgehead atoms. The highest BCUT2D eigenvalue weighted by Crippen LogP contribution is 2.37. The third kappa shape index (κ3) is 6.02. The van der Waals surface area contributed by atoms with E-state index in [0.29, 0.717) is 26.4 Å². The van der Waals surface area contributed by atoms with Gasteiger partial charge in [-0.1, -0.05) is 50.0 Å². The number of rotatable bonds is 8. The monoisotopic (exact) mass is 614 g/mol. The van der Waals surface area contributed by atoms with Crippen molar-refractivity contribution in [1.29, 1.82) is 0 Å². The number of fused-ring (bicyclic) bond motifs is 2. The number of likely N-dealkylation sites (tertiary alicyclic amines) is 1. The number of ether oxygens (including phenoxy) is 1. The Labute approximate surface area is 260 Å². The second kappa shape index (κ2) is 11.3. The molecule has 1 atom stereocenters. The van der Waals surface area contributed by atoms with Crippen LogP contribution in [-0.2, 0) is 20.8 Å². The third-order valence-corrected chi connectivity index (χ3v) is 11.1. The smallest absolute Gasteiger partial charge is 0.465 e. The molecule has 9 nitrogen and oxygen atoms in total. The average molecular weight is 615 g/mol. The van der Waals surface area contributed by atoms with Crippen molar-refractivity contribution in [3.05, 3.63) is 54.5 Å². The quantitative estimate of drug-likeness (QED) is 0.183. The van der Waals surface area contributed by atoms with Gasteiger partial charge in [-0.3, -0.25) is 4.57 Å². The topological polar surface area (TPSA) is 98.9 Å². The Morgan fingerprint density at radius 1 is 1.05 bits per heavy atom. The summed E-state index contributed by atoms with van der Waals surface area (Å²) in [6.07, 6.45) is 1.74. The molecular weight excluding hydrogens is 571 g/mol. The fourth-order valence-corrected chi connectivity index (χ4v) is 6.63. The second-order valence-electron chi connectivity index (χ2n) is 14.4. The first kappa shape index (κ1) is 30.8. The van der Waals surface area contributed by atoms with Gasteiger partial charge < -0.3 is 24.1 Å². The lowest BCUT2D eigenvalue weighted by atomic mass is 9.78. The maximum absolute atomic E-state index is 11.6. The minimum Gasteiger partial charge on any atom is -0.465 e. The van der Waals surface area contributed by atoms with Gasteiger partial charge in [-0.15, -0.1) is 0 Å². The molecule has 4 heterocycles. The Balaban J connectivity index is 1.28. The number of pyridine rings is 1. The van der Waals surface area contributed by atoms with Crippen molar-refractivity contribution in [1.82, 2.24) is 19.4 Å². The summed E-state index contributed by atoms with van der Waals surface area (Å²) >= 11 is 0. The van der Waals surface area contributed by atoms with Crippen LogP contribution in [0.15, 0.2) is 48.7 Å².